The summed E-state index contributed by atoms with van der Waals surface area (Å²) in [5.41, 5.74) is 8.78. The van der Waals surface area contributed by atoms with Gasteiger partial charge in [-0.25, -0.2) is 4.79 Å². The van der Waals surface area contributed by atoms with Gasteiger partial charge in [-0.15, -0.1) is 0 Å². The fourth-order valence-electron chi connectivity index (χ4n) is 4.46. The number of carbonyl (C=O) groups is 1. The van der Waals surface area contributed by atoms with Crippen LogP contribution in [0.5, 0.6) is 11.5 Å². The molecule has 0 amide bonds. The molecule has 4 nitrogen and oxygen atoms in total. The Morgan fingerprint density at radius 1 is 0.684 bits per heavy atom. The van der Waals surface area contributed by atoms with Gasteiger partial charge in [-0.05, 0) is 86.9 Å². The lowest BCUT2D eigenvalue weighted by atomic mass is 10.1. The SMILES string of the molecule is Cc1cc(C)cc(CNCc2ccc(Oc3ccc(/C=C/COC(=O)c4cc(C)cc(C)c4)cc3)cc2)c1. The van der Waals surface area contributed by atoms with E-state index >= 15 is 0 Å². The van der Waals surface area contributed by atoms with Gasteiger partial charge in [0.1, 0.15) is 18.1 Å². The number of aryl methyl sites for hydroxylation is 4. The third-order valence-corrected chi connectivity index (χ3v) is 6.06. The third kappa shape index (κ3) is 8.19. The molecule has 0 aliphatic heterocycles. The van der Waals surface area contributed by atoms with Crippen LogP contribution in [0.4, 0.5) is 0 Å². The molecule has 0 atom stereocenters. The van der Waals surface area contributed by atoms with E-state index in [1.807, 2.05) is 80.6 Å². The van der Waals surface area contributed by atoms with E-state index in [1.54, 1.807) is 0 Å². The van der Waals surface area contributed by atoms with Gasteiger partial charge in [-0.2, -0.15) is 0 Å². The van der Waals surface area contributed by atoms with E-state index in [9.17, 15) is 4.79 Å². The van der Waals surface area contributed by atoms with Crippen LogP contribution >= 0.6 is 0 Å². The van der Waals surface area contributed by atoms with E-state index < -0.39 is 0 Å². The third-order valence-electron chi connectivity index (χ3n) is 6.06. The zero-order chi connectivity index (χ0) is 26.9. The summed E-state index contributed by atoms with van der Waals surface area (Å²) in [5.74, 6) is 1.25. The Kier molecular flexibility index (Phi) is 9.12. The highest BCUT2D eigenvalue weighted by atomic mass is 16.5. The van der Waals surface area contributed by atoms with Crippen LogP contribution in [0.25, 0.3) is 6.08 Å². The van der Waals surface area contributed by atoms with Crippen molar-refractivity contribution in [2.45, 2.75) is 40.8 Å². The largest absolute Gasteiger partial charge is 0.458 e. The molecule has 0 spiro atoms. The number of esters is 1. The lowest BCUT2D eigenvalue weighted by Crippen LogP contribution is -2.12. The quantitative estimate of drug-likeness (QED) is 0.223. The Labute approximate surface area is 226 Å². The molecule has 4 aromatic rings. The van der Waals surface area contributed by atoms with Crippen molar-refractivity contribution in [1.82, 2.24) is 5.32 Å². The molecule has 1 N–H and O–H groups in total. The van der Waals surface area contributed by atoms with E-state index in [2.05, 4.69) is 49.5 Å². The van der Waals surface area contributed by atoms with Crippen molar-refractivity contribution in [1.29, 1.82) is 0 Å². The first kappa shape index (κ1) is 26.9. The van der Waals surface area contributed by atoms with Crippen LogP contribution in [-0.4, -0.2) is 12.6 Å². The molecule has 0 bridgehead atoms. The molecule has 0 radical (unpaired) electrons. The molecular formula is C34H35NO3. The van der Waals surface area contributed by atoms with Gasteiger partial charge >= 0.3 is 5.97 Å². The van der Waals surface area contributed by atoms with Crippen molar-refractivity contribution in [2.24, 2.45) is 0 Å². The van der Waals surface area contributed by atoms with Crippen molar-refractivity contribution < 1.29 is 14.3 Å². The molecule has 0 unspecified atom stereocenters. The van der Waals surface area contributed by atoms with Gasteiger partial charge in [0, 0.05) is 13.1 Å². The molecule has 0 aliphatic rings. The van der Waals surface area contributed by atoms with Crippen LogP contribution in [0.3, 0.4) is 0 Å². The van der Waals surface area contributed by atoms with E-state index in [4.69, 9.17) is 9.47 Å². The lowest BCUT2D eigenvalue weighted by molar-refractivity contribution is 0.0550. The molecule has 4 rings (SSSR count). The topological polar surface area (TPSA) is 47.6 Å². The molecule has 0 saturated heterocycles. The van der Waals surface area contributed by atoms with Crippen molar-refractivity contribution in [3.8, 4) is 11.5 Å². The van der Waals surface area contributed by atoms with Crippen LogP contribution in [0, 0.1) is 27.7 Å². The van der Waals surface area contributed by atoms with Gasteiger partial charge in [0.05, 0.1) is 5.56 Å². The number of carbonyl (C=O) groups excluding carboxylic acids is 1. The summed E-state index contributed by atoms with van der Waals surface area (Å²) in [6, 6.07) is 28.3. The molecule has 0 saturated carbocycles. The molecule has 0 heterocycles. The normalized spacial score (nSPS) is 11.1. The van der Waals surface area contributed by atoms with E-state index in [-0.39, 0.29) is 12.6 Å². The van der Waals surface area contributed by atoms with Crippen molar-refractivity contribution in [2.75, 3.05) is 6.61 Å². The Morgan fingerprint density at radius 3 is 1.82 bits per heavy atom. The van der Waals surface area contributed by atoms with Crippen molar-refractivity contribution in [3.05, 3.63) is 136 Å². The van der Waals surface area contributed by atoms with Crippen molar-refractivity contribution in [3.63, 3.8) is 0 Å². The summed E-state index contributed by atoms with van der Waals surface area (Å²) in [7, 11) is 0. The van der Waals surface area contributed by atoms with Crippen LogP contribution in [0.2, 0.25) is 0 Å². The van der Waals surface area contributed by atoms with Gasteiger partial charge in [0.15, 0.2) is 0 Å². The second-order valence-electron chi connectivity index (χ2n) is 9.79. The highest BCUT2D eigenvalue weighted by Crippen LogP contribution is 2.22. The zero-order valence-electron chi connectivity index (χ0n) is 22.6. The fraction of sp³-hybridized carbons (Fsp3) is 0.206. The second-order valence-corrected chi connectivity index (χ2v) is 9.79. The summed E-state index contributed by atoms with van der Waals surface area (Å²) in [4.78, 5) is 12.3. The predicted molar refractivity (Wildman–Crippen MR) is 155 cm³/mol. The highest BCUT2D eigenvalue weighted by Gasteiger charge is 2.07. The second kappa shape index (κ2) is 12.9. The minimum atomic E-state index is -0.312. The first-order chi connectivity index (χ1) is 18.3. The van der Waals surface area contributed by atoms with E-state index in [1.165, 1.54) is 22.3 Å². The standard InChI is InChI=1S/C34H35NO3/c1-24-16-25(2)19-30(18-24)23-35-22-29-9-13-33(14-10-29)38-32-11-7-28(8-12-32)6-5-15-37-34(36)31-20-26(3)17-27(4)21-31/h5-14,16-21,35H,15,22-23H2,1-4H3/b6-5+. The number of hydrogen-bond acceptors (Lipinski definition) is 4. The highest BCUT2D eigenvalue weighted by molar-refractivity contribution is 5.90. The number of ether oxygens (including phenoxy) is 2. The first-order valence-electron chi connectivity index (χ1n) is 12.9. The summed E-state index contributed by atoms with van der Waals surface area (Å²) < 4.78 is 11.4. The van der Waals surface area contributed by atoms with Gasteiger partial charge in [0.2, 0.25) is 0 Å². The minimum Gasteiger partial charge on any atom is -0.458 e. The number of nitrogens with one attached hydrogen (secondary N) is 1. The van der Waals surface area contributed by atoms with E-state index in [0.717, 1.165) is 41.3 Å². The van der Waals surface area contributed by atoms with Crippen LogP contribution in [0.15, 0.2) is 91.0 Å². The predicted octanol–water partition coefficient (Wildman–Crippen LogP) is 7.87. The monoisotopic (exact) mass is 505 g/mol. The smallest absolute Gasteiger partial charge is 0.338 e. The number of hydrogen-bond donors (Lipinski definition) is 1. The summed E-state index contributed by atoms with van der Waals surface area (Å²) in [5, 5.41) is 3.51. The Hall–Kier alpha value is -4.15. The maximum atomic E-state index is 12.3. The molecule has 0 aromatic heterocycles. The Morgan fingerprint density at radius 2 is 1.21 bits per heavy atom. The average Bonchev–Trinajstić information content (AvgIpc) is 2.87. The van der Waals surface area contributed by atoms with Crippen molar-refractivity contribution >= 4 is 12.0 Å². The molecule has 4 heteroatoms. The molecular weight excluding hydrogens is 470 g/mol. The van der Waals surface area contributed by atoms with Gasteiger partial charge < -0.3 is 14.8 Å². The summed E-state index contributed by atoms with van der Waals surface area (Å²) in [6.45, 7) is 10.1. The minimum absolute atomic E-state index is 0.218. The number of benzene rings is 4. The average molecular weight is 506 g/mol. The van der Waals surface area contributed by atoms with Crippen LogP contribution in [0.1, 0.15) is 49.3 Å². The van der Waals surface area contributed by atoms with Gasteiger partial charge in [-0.3, -0.25) is 0 Å². The number of rotatable bonds is 10. The summed E-state index contributed by atoms with van der Waals surface area (Å²) >= 11 is 0. The van der Waals surface area contributed by atoms with Crippen LogP contribution in [-0.2, 0) is 17.8 Å². The van der Waals surface area contributed by atoms with Gasteiger partial charge in [0.25, 0.3) is 0 Å². The fourth-order valence-corrected chi connectivity index (χ4v) is 4.46. The Bertz CT molecular complexity index is 1360. The lowest BCUT2D eigenvalue weighted by Gasteiger charge is -2.09. The molecule has 0 aliphatic carbocycles. The maximum Gasteiger partial charge on any atom is 0.338 e. The van der Waals surface area contributed by atoms with E-state index in [0.29, 0.717) is 5.56 Å². The molecule has 0 fully saturated rings. The van der Waals surface area contributed by atoms with Crippen LogP contribution < -0.4 is 10.1 Å². The Balaban J connectivity index is 1.21. The molecule has 194 valence electrons. The van der Waals surface area contributed by atoms with Gasteiger partial charge in [-0.1, -0.05) is 76.9 Å². The zero-order valence-corrected chi connectivity index (χ0v) is 22.6. The molecule has 4 aromatic carbocycles. The first-order valence-corrected chi connectivity index (χ1v) is 12.9. The summed E-state index contributed by atoms with van der Waals surface area (Å²) in [6.07, 6.45) is 3.77. The molecule has 38 heavy (non-hydrogen) atoms. The maximum absolute atomic E-state index is 12.3.